The largest absolute Gasteiger partial charge is 0.469 e. The Labute approximate surface area is 122 Å². The van der Waals surface area contributed by atoms with Crippen molar-refractivity contribution in [2.24, 2.45) is 0 Å². The monoisotopic (exact) mass is 271 g/mol. The molecule has 0 aliphatic heterocycles. The van der Waals surface area contributed by atoms with Crippen LogP contribution < -0.4 is 5.32 Å². The molecule has 108 valence electrons. The molecule has 0 saturated heterocycles. The Kier molecular flexibility index (Phi) is 5.02. The smallest absolute Gasteiger partial charge is 0.101 e. The Morgan fingerprint density at radius 3 is 2.20 bits per heavy atom. The van der Waals surface area contributed by atoms with Gasteiger partial charge in [-0.2, -0.15) is 0 Å². The first kappa shape index (κ1) is 14.9. The topological polar surface area (TPSA) is 25.2 Å². The maximum Gasteiger partial charge on any atom is 0.101 e. The molecule has 2 rings (SSSR count). The van der Waals surface area contributed by atoms with Gasteiger partial charge < -0.3 is 9.73 Å². The molecule has 2 nitrogen and oxygen atoms in total. The summed E-state index contributed by atoms with van der Waals surface area (Å²) in [7, 11) is 0. The molecule has 0 aliphatic carbocycles. The lowest BCUT2D eigenvalue weighted by molar-refractivity contribution is 0.525. The van der Waals surface area contributed by atoms with Crippen LogP contribution in [0.15, 0.2) is 41.0 Å². The number of aryl methyl sites for hydroxylation is 1. The van der Waals surface area contributed by atoms with Crippen LogP contribution in [0.5, 0.6) is 0 Å². The fraction of sp³-hybridized carbons (Fsp3) is 0.444. The van der Waals surface area contributed by atoms with Crippen molar-refractivity contribution in [3.63, 3.8) is 0 Å². The van der Waals surface area contributed by atoms with Gasteiger partial charge in [-0.15, -0.1) is 0 Å². The molecule has 1 N–H and O–H groups in total. The van der Waals surface area contributed by atoms with Gasteiger partial charge in [0.05, 0.1) is 12.3 Å². The number of nitrogens with one attached hydrogen (secondary N) is 1. The van der Waals surface area contributed by atoms with E-state index in [1.54, 1.807) is 0 Å². The van der Waals surface area contributed by atoms with E-state index in [1.165, 1.54) is 23.1 Å². The first-order chi connectivity index (χ1) is 9.65. The summed E-state index contributed by atoms with van der Waals surface area (Å²) in [6.45, 7) is 9.55. The third-order valence-corrected chi connectivity index (χ3v) is 3.94. The van der Waals surface area contributed by atoms with Crippen LogP contribution in [0.4, 0.5) is 0 Å². The molecule has 0 amide bonds. The van der Waals surface area contributed by atoms with E-state index in [-0.39, 0.29) is 6.04 Å². The van der Waals surface area contributed by atoms with E-state index in [2.05, 4.69) is 56.4 Å². The molecular formula is C18H25NO. The molecular weight excluding hydrogens is 246 g/mol. The molecule has 2 heteroatoms. The number of rotatable bonds is 6. The van der Waals surface area contributed by atoms with E-state index in [0.717, 1.165) is 12.3 Å². The zero-order valence-corrected chi connectivity index (χ0v) is 12.9. The van der Waals surface area contributed by atoms with E-state index in [1.807, 2.05) is 13.2 Å². The molecule has 0 radical (unpaired) electrons. The summed E-state index contributed by atoms with van der Waals surface area (Å²) in [6, 6.07) is 11.3. The van der Waals surface area contributed by atoms with E-state index in [9.17, 15) is 0 Å². The Bertz CT molecular complexity index is 527. The van der Waals surface area contributed by atoms with Crippen molar-refractivity contribution in [2.45, 2.75) is 46.1 Å². The number of benzene rings is 1. The van der Waals surface area contributed by atoms with Crippen LogP contribution in [0.1, 0.15) is 61.6 Å². The summed E-state index contributed by atoms with van der Waals surface area (Å²) >= 11 is 0. The highest BCUT2D eigenvalue weighted by atomic mass is 16.3. The van der Waals surface area contributed by atoms with Crippen molar-refractivity contribution in [2.75, 3.05) is 6.54 Å². The standard InChI is InChI=1S/C18H25NO/c1-5-13(3)15-7-9-16(10-8-15)18(19-6-2)17-11-14(4)20-12-17/h7-13,18-19H,5-6H2,1-4H3. The van der Waals surface area contributed by atoms with Gasteiger partial charge in [-0.1, -0.05) is 45.0 Å². The molecule has 0 bridgehead atoms. The van der Waals surface area contributed by atoms with Crippen molar-refractivity contribution >= 4 is 0 Å². The molecule has 20 heavy (non-hydrogen) atoms. The molecule has 1 aromatic heterocycles. The third-order valence-electron chi connectivity index (χ3n) is 3.94. The lowest BCUT2D eigenvalue weighted by Gasteiger charge is -2.18. The zero-order valence-electron chi connectivity index (χ0n) is 12.9. The summed E-state index contributed by atoms with van der Waals surface area (Å²) in [4.78, 5) is 0. The van der Waals surface area contributed by atoms with Gasteiger partial charge in [-0.05, 0) is 43.0 Å². The second-order valence-corrected chi connectivity index (χ2v) is 5.46. The highest BCUT2D eigenvalue weighted by Gasteiger charge is 2.15. The van der Waals surface area contributed by atoms with Crippen LogP contribution in [0.2, 0.25) is 0 Å². The van der Waals surface area contributed by atoms with Crippen LogP contribution in [0.3, 0.4) is 0 Å². The average Bonchev–Trinajstić information content (AvgIpc) is 2.90. The predicted molar refractivity (Wildman–Crippen MR) is 84.1 cm³/mol. The SMILES string of the molecule is CCNC(c1ccc(C(C)CC)cc1)c1coc(C)c1. The molecule has 2 aromatic rings. The number of furan rings is 1. The van der Waals surface area contributed by atoms with Crippen LogP contribution in [-0.4, -0.2) is 6.54 Å². The average molecular weight is 271 g/mol. The van der Waals surface area contributed by atoms with Crippen molar-refractivity contribution in [1.82, 2.24) is 5.32 Å². The predicted octanol–water partition coefficient (Wildman–Crippen LogP) is 4.80. The van der Waals surface area contributed by atoms with Crippen LogP contribution in [0, 0.1) is 6.92 Å². The molecule has 1 aromatic carbocycles. The first-order valence-electron chi connectivity index (χ1n) is 7.54. The fourth-order valence-electron chi connectivity index (χ4n) is 2.50. The quantitative estimate of drug-likeness (QED) is 0.816. The van der Waals surface area contributed by atoms with Gasteiger partial charge in [-0.25, -0.2) is 0 Å². The van der Waals surface area contributed by atoms with Gasteiger partial charge in [0.1, 0.15) is 5.76 Å². The molecule has 0 fully saturated rings. The Morgan fingerprint density at radius 1 is 1.05 bits per heavy atom. The Balaban J connectivity index is 2.25. The van der Waals surface area contributed by atoms with E-state index in [4.69, 9.17) is 4.42 Å². The van der Waals surface area contributed by atoms with E-state index >= 15 is 0 Å². The lowest BCUT2D eigenvalue weighted by atomic mass is 9.94. The maximum atomic E-state index is 5.45. The van der Waals surface area contributed by atoms with Gasteiger partial charge in [0.2, 0.25) is 0 Å². The molecule has 1 heterocycles. The third kappa shape index (κ3) is 3.31. The zero-order chi connectivity index (χ0) is 14.5. The van der Waals surface area contributed by atoms with Crippen molar-refractivity contribution in [3.8, 4) is 0 Å². The van der Waals surface area contributed by atoms with Crippen LogP contribution >= 0.6 is 0 Å². The highest BCUT2D eigenvalue weighted by Crippen LogP contribution is 2.26. The molecule has 0 aliphatic rings. The molecule has 0 saturated carbocycles. The minimum atomic E-state index is 0.212. The summed E-state index contributed by atoms with van der Waals surface area (Å²) < 4.78 is 5.45. The summed E-state index contributed by atoms with van der Waals surface area (Å²) in [5, 5.41) is 3.53. The van der Waals surface area contributed by atoms with Crippen molar-refractivity contribution < 1.29 is 4.42 Å². The van der Waals surface area contributed by atoms with Gasteiger partial charge in [0, 0.05) is 5.56 Å². The molecule has 2 atom stereocenters. The van der Waals surface area contributed by atoms with Gasteiger partial charge >= 0.3 is 0 Å². The van der Waals surface area contributed by atoms with Crippen molar-refractivity contribution in [3.05, 3.63) is 59.0 Å². The normalized spacial score (nSPS) is 14.2. The van der Waals surface area contributed by atoms with Crippen molar-refractivity contribution in [1.29, 1.82) is 0 Å². The second kappa shape index (κ2) is 6.76. The van der Waals surface area contributed by atoms with Gasteiger partial charge in [-0.3, -0.25) is 0 Å². The van der Waals surface area contributed by atoms with E-state index < -0.39 is 0 Å². The number of hydrogen-bond donors (Lipinski definition) is 1. The summed E-state index contributed by atoms with van der Waals surface area (Å²) in [5.74, 6) is 1.58. The molecule has 0 spiro atoms. The maximum absolute atomic E-state index is 5.45. The van der Waals surface area contributed by atoms with Gasteiger partial charge in [0.15, 0.2) is 0 Å². The van der Waals surface area contributed by atoms with Gasteiger partial charge in [0.25, 0.3) is 0 Å². The fourth-order valence-corrected chi connectivity index (χ4v) is 2.50. The minimum Gasteiger partial charge on any atom is -0.469 e. The summed E-state index contributed by atoms with van der Waals surface area (Å²) in [6.07, 6.45) is 3.03. The summed E-state index contributed by atoms with van der Waals surface area (Å²) in [5.41, 5.74) is 3.90. The number of hydrogen-bond acceptors (Lipinski definition) is 2. The van der Waals surface area contributed by atoms with E-state index in [0.29, 0.717) is 5.92 Å². The molecule has 2 unspecified atom stereocenters. The lowest BCUT2D eigenvalue weighted by Crippen LogP contribution is -2.21. The minimum absolute atomic E-state index is 0.212. The Hall–Kier alpha value is -1.54. The Morgan fingerprint density at radius 2 is 1.70 bits per heavy atom. The first-order valence-corrected chi connectivity index (χ1v) is 7.54. The van der Waals surface area contributed by atoms with Crippen LogP contribution in [-0.2, 0) is 0 Å². The van der Waals surface area contributed by atoms with Crippen LogP contribution in [0.25, 0.3) is 0 Å². The highest BCUT2D eigenvalue weighted by molar-refractivity contribution is 5.33. The second-order valence-electron chi connectivity index (χ2n) is 5.46.